The Morgan fingerprint density at radius 2 is 2.21 bits per heavy atom. The van der Waals surface area contributed by atoms with E-state index in [0.29, 0.717) is 23.7 Å². The normalized spacial score (nSPS) is 32.8. The van der Waals surface area contributed by atoms with Gasteiger partial charge in [-0.1, -0.05) is 5.21 Å². The number of aliphatic hydroxyl groups is 1. The molecular formula is C17H27N5O2. The van der Waals surface area contributed by atoms with E-state index in [1.165, 1.54) is 0 Å². The Balaban J connectivity index is 1.38. The van der Waals surface area contributed by atoms with E-state index < -0.39 is 5.60 Å². The van der Waals surface area contributed by atoms with Crippen molar-refractivity contribution in [1.82, 2.24) is 25.2 Å². The van der Waals surface area contributed by atoms with Crippen molar-refractivity contribution in [3.8, 4) is 0 Å². The van der Waals surface area contributed by atoms with E-state index in [2.05, 4.69) is 20.5 Å². The molecule has 4 heterocycles. The van der Waals surface area contributed by atoms with Crippen molar-refractivity contribution in [2.24, 2.45) is 11.8 Å². The number of carbonyl (C=O) groups is 1. The van der Waals surface area contributed by atoms with Crippen LogP contribution in [-0.4, -0.2) is 56.1 Å². The zero-order valence-electron chi connectivity index (χ0n) is 14.5. The number of rotatable bonds is 5. The van der Waals surface area contributed by atoms with Gasteiger partial charge in [0.1, 0.15) is 11.3 Å². The zero-order valence-corrected chi connectivity index (χ0v) is 14.5. The molecule has 0 aromatic carbocycles. The van der Waals surface area contributed by atoms with E-state index >= 15 is 0 Å². The lowest BCUT2D eigenvalue weighted by Crippen LogP contribution is -2.58. The second-order valence-electron chi connectivity index (χ2n) is 8.21. The molecule has 7 nitrogen and oxygen atoms in total. The predicted octanol–water partition coefficient (Wildman–Crippen LogP) is 0.495. The Morgan fingerprint density at radius 3 is 2.79 bits per heavy atom. The lowest BCUT2D eigenvalue weighted by molar-refractivity contribution is -0.133. The first-order valence-corrected chi connectivity index (χ1v) is 9.07. The number of hydrogen-bond donors (Lipinski definition) is 2. The SMILES string of the molecule is CC(C)(O)c1cn(C[C@H]2CC3CCN2C[C@@H]3C(=O)NC2CC2)nn1. The van der Waals surface area contributed by atoms with Crippen LogP contribution in [0.2, 0.25) is 0 Å². The smallest absolute Gasteiger partial charge is 0.224 e. The van der Waals surface area contributed by atoms with E-state index in [1.807, 2.05) is 10.9 Å². The highest BCUT2D eigenvalue weighted by Gasteiger charge is 2.44. The summed E-state index contributed by atoms with van der Waals surface area (Å²) in [6, 6.07) is 0.851. The van der Waals surface area contributed by atoms with Crippen LogP contribution in [0.4, 0.5) is 0 Å². The van der Waals surface area contributed by atoms with Crippen molar-refractivity contribution in [2.45, 2.75) is 63.8 Å². The fraction of sp³-hybridized carbons (Fsp3) is 0.824. The minimum atomic E-state index is -0.962. The third-order valence-electron chi connectivity index (χ3n) is 5.70. The average molecular weight is 333 g/mol. The monoisotopic (exact) mass is 333 g/mol. The van der Waals surface area contributed by atoms with Crippen LogP contribution in [0.5, 0.6) is 0 Å². The van der Waals surface area contributed by atoms with Gasteiger partial charge in [-0.25, -0.2) is 0 Å². The van der Waals surface area contributed by atoms with Crippen molar-refractivity contribution < 1.29 is 9.90 Å². The Labute approximate surface area is 142 Å². The predicted molar refractivity (Wildman–Crippen MR) is 88.0 cm³/mol. The molecule has 2 N–H and O–H groups in total. The standard InChI is InChI=1S/C17H27N5O2/c1-17(2,24)15-10-22(20-19-15)8-13-7-11-5-6-21(13)9-14(11)16(23)18-12-3-4-12/h10-14,24H,3-9H2,1-2H3,(H,18,23)/t11?,13-,14+/m1/s1. The van der Waals surface area contributed by atoms with Crippen LogP contribution in [0.1, 0.15) is 45.2 Å². The van der Waals surface area contributed by atoms with Gasteiger partial charge in [-0.05, 0) is 52.0 Å². The number of aromatic nitrogens is 3. The Kier molecular flexibility index (Phi) is 3.88. The van der Waals surface area contributed by atoms with Crippen molar-refractivity contribution >= 4 is 5.91 Å². The van der Waals surface area contributed by atoms with Crippen molar-refractivity contribution in [3.63, 3.8) is 0 Å². The number of fused-ring (bicyclic) bond motifs is 3. The summed E-state index contributed by atoms with van der Waals surface area (Å²) in [5.74, 6) is 0.894. The average Bonchev–Trinajstić information content (AvgIpc) is 3.21. The third kappa shape index (κ3) is 3.19. The minimum Gasteiger partial charge on any atom is -0.384 e. The van der Waals surface area contributed by atoms with Gasteiger partial charge in [0.15, 0.2) is 0 Å². The van der Waals surface area contributed by atoms with Gasteiger partial charge in [-0.3, -0.25) is 14.4 Å². The Bertz CT molecular complexity index is 619. The van der Waals surface area contributed by atoms with Gasteiger partial charge in [-0.2, -0.15) is 0 Å². The molecule has 1 amide bonds. The van der Waals surface area contributed by atoms with Gasteiger partial charge >= 0.3 is 0 Å². The number of hydrogen-bond acceptors (Lipinski definition) is 5. The second-order valence-corrected chi connectivity index (χ2v) is 8.21. The first-order chi connectivity index (χ1) is 11.4. The molecule has 4 aliphatic rings. The maximum atomic E-state index is 12.4. The maximum Gasteiger partial charge on any atom is 0.224 e. The quantitative estimate of drug-likeness (QED) is 0.820. The highest BCUT2D eigenvalue weighted by molar-refractivity contribution is 5.80. The molecule has 1 aromatic rings. The Hall–Kier alpha value is -1.47. The molecule has 5 rings (SSSR count). The van der Waals surface area contributed by atoms with Crippen molar-refractivity contribution in [2.75, 3.05) is 13.1 Å². The molecule has 3 saturated heterocycles. The van der Waals surface area contributed by atoms with E-state index in [-0.39, 0.29) is 11.8 Å². The molecule has 1 aromatic heterocycles. The summed E-state index contributed by atoms with van der Waals surface area (Å²) in [4.78, 5) is 14.9. The lowest BCUT2D eigenvalue weighted by atomic mass is 9.75. The molecule has 7 heteroatoms. The van der Waals surface area contributed by atoms with E-state index in [0.717, 1.165) is 45.3 Å². The van der Waals surface area contributed by atoms with E-state index in [4.69, 9.17) is 0 Å². The van der Waals surface area contributed by atoms with Gasteiger partial charge in [0.25, 0.3) is 0 Å². The summed E-state index contributed by atoms with van der Waals surface area (Å²) >= 11 is 0. The molecule has 24 heavy (non-hydrogen) atoms. The molecule has 0 spiro atoms. The highest BCUT2D eigenvalue weighted by Crippen LogP contribution is 2.37. The van der Waals surface area contributed by atoms with Crippen LogP contribution in [0, 0.1) is 11.8 Å². The van der Waals surface area contributed by atoms with Gasteiger partial charge in [0.05, 0.1) is 18.7 Å². The number of piperidine rings is 3. The van der Waals surface area contributed by atoms with E-state index in [9.17, 15) is 9.90 Å². The third-order valence-corrected chi connectivity index (χ3v) is 5.70. The van der Waals surface area contributed by atoms with Crippen molar-refractivity contribution in [3.05, 3.63) is 11.9 Å². The van der Waals surface area contributed by atoms with Crippen LogP contribution in [0.15, 0.2) is 6.20 Å². The number of nitrogens with zero attached hydrogens (tertiary/aromatic N) is 4. The fourth-order valence-corrected chi connectivity index (χ4v) is 4.04. The topological polar surface area (TPSA) is 83.3 Å². The largest absolute Gasteiger partial charge is 0.384 e. The molecule has 2 bridgehead atoms. The second kappa shape index (κ2) is 5.81. The molecule has 132 valence electrons. The summed E-state index contributed by atoms with van der Waals surface area (Å²) in [5, 5.41) is 21.4. The lowest BCUT2D eigenvalue weighted by Gasteiger charge is -2.49. The molecule has 1 saturated carbocycles. The van der Waals surface area contributed by atoms with Gasteiger partial charge in [-0.15, -0.1) is 5.10 Å². The van der Waals surface area contributed by atoms with E-state index in [1.54, 1.807) is 13.8 Å². The molecule has 1 aliphatic carbocycles. The molecule has 4 atom stereocenters. The summed E-state index contributed by atoms with van der Waals surface area (Å²) in [6.07, 6.45) is 6.28. The number of amides is 1. The first-order valence-electron chi connectivity index (χ1n) is 9.07. The minimum absolute atomic E-state index is 0.151. The van der Waals surface area contributed by atoms with Crippen LogP contribution in [0.3, 0.4) is 0 Å². The first kappa shape index (κ1) is 16.0. The zero-order chi connectivity index (χ0) is 16.9. The number of nitrogens with one attached hydrogen (secondary N) is 1. The summed E-state index contributed by atoms with van der Waals surface area (Å²) < 4.78 is 1.83. The van der Waals surface area contributed by atoms with Gasteiger partial charge in [0, 0.05) is 18.6 Å². The number of carbonyl (C=O) groups excluding carboxylic acids is 1. The van der Waals surface area contributed by atoms with Crippen LogP contribution in [-0.2, 0) is 16.9 Å². The van der Waals surface area contributed by atoms with Crippen molar-refractivity contribution in [1.29, 1.82) is 0 Å². The Morgan fingerprint density at radius 1 is 1.42 bits per heavy atom. The highest BCUT2D eigenvalue weighted by atomic mass is 16.3. The fourth-order valence-electron chi connectivity index (χ4n) is 4.04. The van der Waals surface area contributed by atoms with Crippen LogP contribution < -0.4 is 5.32 Å². The van der Waals surface area contributed by atoms with Gasteiger partial charge in [0.2, 0.25) is 5.91 Å². The summed E-state index contributed by atoms with van der Waals surface area (Å²) in [5.41, 5.74) is -0.365. The molecule has 3 aliphatic heterocycles. The maximum absolute atomic E-state index is 12.4. The van der Waals surface area contributed by atoms with Gasteiger partial charge < -0.3 is 10.4 Å². The molecular weight excluding hydrogens is 306 g/mol. The molecule has 4 fully saturated rings. The van der Waals surface area contributed by atoms with Crippen LogP contribution >= 0.6 is 0 Å². The van der Waals surface area contributed by atoms with Crippen LogP contribution in [0.25, 0.3) is 0 Å². The summed E-state index contributed by atoms with van der Waals surface area (Å²) in [6.45, 7) is 6.14. The molecule has 2 unspecified atom stereocenters. The summed E-state index contributed by atoms with van der Waals surface area (Å²) in [7, 11) is 0. The molecule has 0 radical (unpaired) electrons.